The summed E-state index contributed by atoms with van der Waals surface area (Å²) in [5, 5.41) is 3.86. The first-order valence-corrected chi connectivity index (χ1v) is 11.5. The molecule has 33 heavy (non-hydrogen) atoms. The van der Waals surface area contributed by atoms with E-state index < -0.39 is 11.8 Å². The van der Waals surface area contributed by atoms with Gasteiger partial charge in [0.05, 0.1) is 23.8 Å². The number of aromatic amines is 1. The number of halogens is 2. The van der Waals surface area contributed by atoms with Gasteiger partial charge in [-0.05, 0) is 56.4 Å². The molecule has 0 atom stereocenters. The van der Waals surface area contributed by atoms with Gasteiger partial charge in [-0.15, -0.1) is 0 Å². The molecule has 2 N–H and O–H groups in total. The van der Waals surface area contributed by atoms with E-state index in [1.807, 2.05) is 25.1 Å². The van der Waals surface area contributed by atoms with Crippen molar-refractivity contribution in [3.8, 4) is 5.75 Å². The van der Waals surface area contributed by atoms with Crippen molar-refractivity contribution in [3.05, 3.63) is 59.8 Å². The summed E-state index contributed by atoms with van der Waals surface area (Å²) in [5.74, 6) is 1.16. The number of anilines is 1. The lowest BCUT2D eigenvalue weighted by atomic mass is 9.77. The first-order valence-electron chi connectivity index (χ1n) is 11.5. The molecule has 2 aliphatic rings. The number of fused-ring (bicyclic) bond motifs is 1. The van der Waals surface area contributed by atoms with Gasteiger partial charge in [0.1, 0.15) is 5.75 Å². The number of carbonyl (C=O) groups is 1. The van der Waals surface area contributed by atoms with Crippen LogP contribution in [0, 0.1) is 12.3 Å². The van der Waals surface area contributed by atoms with Gasteiger partial charge in [-0.3, -0.25) is 9.69 Å². The Bertz CT molecular complexity index is 1150. The van der Waals surface area contributed by atoms with E-state index in [1.165, 1.54) is 11.1 Å². The smallest absolute Gasteiger partial charge is 0.251 e. The Morgan fingerprint density at radius 2 is 1.94 bits per heavy atom. The highest BCUT2D eigenvalue weighted by Gasteiger charge is 2.45. The summed E-state index contributed by atoms with van der Waals surface area (Å²) in [4.78, 5) is 17.6. The molecular formula is C26H29F2N3O2. The number of nitrogens with zero attached hydrogens (tertiary/aromatic N) is 1. The second-order valence-corrected chi connectivity index (χ2v) is 9.80. The number of aryl methyl sites for hydroxylation is 1. The van der Waals surface area contributed by atoms with Crippen LogP contribution < -0.4 is 10.1 Å². The SMILES string of the molecule is Cc1ccc([C@H]2C[C@H](Oc3ccc4[nH]cc(NC(=O)C5(C)CN(CC(F)F)C5)c4c3)C2)cc1. The van der Waals surface area contributed by atoms with Gasteiger partial charge in [-0.25, -0.2) is 8.78 Å². The molecule has 0 unspecified atom stereocenters. The minimum Gasteiger partial charge on any atom is -0.490 e. The first kappa shape index (κ1) is 21.9. The second kappa shape index (κ2) is 8.45. The average molecular weight is 454 g/mol. The van der Waals surface area contributed by atoms with Crippen molar-refractivity contribution in [2.75, 3.05) is 25.0 Å². The minimum absolute atomic E-state index is 0.153. The van der Waals surface area contributed by atoms with Crippen LogP contribution in [0.3, 0.4) is 0 Å². The molecule has 7 heteroatoms. The lowest BCUT2D eigenvalue weighted by Crippen LogP contribution is -2.61. The number of benzene rings is 2. The zero-order valence-corrected chi connectivity index (χ0v) is 18.9. The Morgan fingerprint density at radius 1 is 1.21 bits per heavy atom. The number of ether oxygens (including phenoxy) is 1. The van der Waals surface area contributed by atoms with Gasteiger partial charge in [0.25, 0.3) is 6.43 Å². The number of nitrogens with one attached hydrogen (secondary N) is 2. The van der Waals surface area contributed by atoms with Gasteiger partial charge >= 0.3 is 0 Å². The van der Waals surface area contributed by atoms with Crippen molar-refractivity contribution in [1.82, 2.24) is 9.88 Å². The highest BCUT2D eigenvalue weighted by Crippen LogP contribution is 2.40. The molecule has 0 radical (unpaired) electrons. The maximum atomic E-state index is 12.8. The largest absolute Gasteiger partial charge is 0.490 e. The van der Waals surface area contributed by atoms with E-state index in [4.69, 9.17) is 4.74 Å². The number of alkyl halides is 2. The maximum Gasteiger partial charge on any atom is 0.251 e. The molecule has 2 heterocycles. The van der Waals surface area contributed by atoms with Gasteiger partial charge in [0, 0.05) is 30.2 Å². The van der Waals surface area contributed by atoms with Crippen LogP contribution in [0.2, 0.25) is 0 Å². The minimum atomic E-state index is -2.38. The molecule has 1 aliphatic heterocycles. The Morgan fingerprint density at radius 3 is 2.64 bits per heavy atom. The molecule has 1 aromatic heterocycles. The molecule has 0 bridgehead atoms. The van der Waals surface area contributed by atoms with E-state index in [1.54, 1.807) is 11.1 Å². The summed E-state index contributed by atoms with van der Waals surface area (Å²) in [5.41, 5.74) is 3.55. The number of likely N-dealkylation sites (tertiary alicyclic amines) is 1. The molecule has 1 saturated carbocycles. The summed E-state index contributed by atoms with van der Waals surface area (Å²) in [6.45, 7) is 4.30. The third kappa shape index (κ3) is 4.47. The summed E-state index contributed by atoms with van der Waals surface area (Å²) in [6, 6.07) is 14.6. The van der Waals surface area contributed by atoms with E-state index in [-0.39, 0.29) is 18.6 Å². The molecule has 2 fully saturated rings. The molecule has 5 rings (SSSR count). The van der Waals surface area contributed by atoms with E-state index >= 15 is 0 Å². The van der Waals surface area contributed by atoms with E-state index in [2.05, 4.69) is 41.5 Å². The number of hydrogen-bond donors (Lipinski definition) is 2. The molecule has 0 spiro atoms. The monoisotopic (exact) mass is 453 g/mol. The molecule has 1 aliphatic carbocycles. The number of amides is 1. The van der Waals surface area contributed by atoms with Crippen LogP contribution in [0.25, 0.3) is 10.9 Å². The Hall–Kier alpha value is -2.93. The maximum absolute atomic E-state index is 12.8. The molecule has 174 valence electrons. The van der Waals surface area contributed by atoms with Crippen molar-refractivity contribution in [1.29, 1.82) is 0 Å². The fourth-order valence-electron chi connectivity index (χ4n) is 4.92. The van der Waals surface area contributed by atoms with Crippen LogP contribution in [-0.2, 0) is 4.79 Å². The number of hydrogen-bond acceptors (Lipinski definition) is 3. The first-order chi connectivity index (χ1) is 15.8. The van der Waals surface area contributed by atoms with E-state index in [0.717, 1.165) is 29.5 Å². The topological polar surface area (TPSA) is 57.4 Å². The van der Waals surface area contributed by atoms with Gasteiger partial charge in [-0.2, -0.15) is 0 Å². The summed E-state index contributed by atoms with van der Waals surface area (Å²) in [7, 11) is 0. The van der Waals surface area contributed by atoms with Crippen LogP contribution in [0.1, 0.15) is 36.8 Å². The predicted molar refractivity (Wildman–Crippen MR) is 125 cm³/mol. The van der Waals surface area contributed by atoms with Gasteiger partial charge < -0.3 is 15.0 Å². The molecule has 1 amide bonds. The lowest BCUT2D eigenvalue weighted by Gasteiger charge is -2.46. The standard InChI is InChI=1S/C26H29F2N3O2/c1-16-3-5-17(6-4-16)18-9-20(10-18)33-19-7-8-22-21(11-19)23(12-29-22)30-25(32)26(2)14-31(15-26)13-24(27)28/h3-8,11-12,18,20,24,29H,9-10,13-15H2,1-2H3,(H,30,32)/t18-,20-. The van der Waals surface area contributed by atoms with Gasteiger partial charge in [0.2, 0.25) is 5.91 Å². The zero-order valence-electron chi connectivity index (χ0n) is 18.9. The van der Waals surface area contributed by atoms with Gasteiger partial charge in [0.15, 0.2) is 0 Å². The summed E-state index contributed by atoms with van der Waals surface area (Å²) < 4.78 is 31.3. The number of aromatic nitrogens is 1. The second-order valence-electron chi connectivity index (χ2n) is 9.80. The number of rotatable bonds is 7. The predicted octanol–water partition coefficient (Wildman–Crippen LogP) is 5.33. The van der Waals surface area contributed by atoms with Crippen LogP contribution in [0.4, 0.5) is 14.5 Å². The highest BCUT2D eigenvalue weighted by molar-refractivity contribution is 6.04. The quantitative estimate of drug-likeness (QED) is 0.509. The van der Waals surface area contributed by atoms with Crippen LogP contribution >= 0.6 is 0 Å². The fraction of sp³-hybridized carbons (Fsp3) is 0.423. The van der Waals surface area contributed by atoms with Crippen molar-refractivity contribution in [2.24, 2.45) is 5.41 Å². The van der Waals surface area contributed by atoms with Crippen molar-refractivity contribution < 1.29 is 18.3 Å². The van der Waals surface area contributed by atoms with E-state index in [9.17, 15) is 13.6 Å². The van der Waals surface area contributed by atoms with Crippen molar-refractivity contribution in [3.63, 3.8) is 0 Å². The molecule has 2 aromatic carbocycles. The van der Waals surface area contributed by atoms with Crippen LogP contribution in [-0.4, -0.2) is 48.0 Å². The Kier molecular flexibility index (Phi) is 5.60. The highest BCUT2D eigenvalue weighted by atomic mass is 19.3. The summed E-state index contributed by atoms with van der Waals surface area (Å²) >= 11 is 0. The molecule has 1 saturated heterocycles. The van der Waals surface area contributed by atoms with Crippen LogP contribution in [0.15, 0.2) is 48.7 Å². The van der Waals surface area contributed by atoms with Gasteiger partial charge in [-0.1, -0.05) is 29.8 Å². The number of H-pyrrole nitrogens is 1. The Balaban J connectivity index is 1.21. The van der Waals surface area contributed by atoms with Crippen molar-refractivity contribution >= 4 is 22.5 Å². The Labute approximate surface area is 192 Å². The third-order valence-corrected chi connectivity index (χ3v) is 6.94. The fourth-order valence-corrected chi connectivity index (χ4v) is 4.92. The molecule has 5 nitrogen and oxygen atoms in total. The molecular weight excluding hydrogens is 424 g/mol. The van der Waals surface area contributed by atoms with E-state index in [0.29, 0.717) is 24.7 Å². The summed E-state index contributed by atoms with van der Waals surface area (Å²) in [6.07, 6.45) is 1.55. The number of carbonyl (C=O) groups excluding carboxylic acids is 1. The van der Waals surface area contributed by atoms with Crippen LogP contribution in [0.5, 0.6) is 5.75 Å². The molecule has 3 aromatic rings. The zero-order chi connectivity index (χ0) is 23.2. The third-order valence-electron chi connectivity index (χ3n) is 6.94. The lowest BCUT2D eigenvalue weighted by molar-refractivity contribution is -0.135. The normalized spacial score (nSPS) is 22.1. The average Bonchev–Trinajstić information content (AvgIpc) is 3.11. The van der Waals surface area contributed by atoms with Crippen molar-refractivity contribution in [2.45, 2.75) is 45.1 Å².